The molecule has 3 heterocycles. The highest BCUT2D eigenvalue weighted by Crippen LogP contribution is 2.41. The van der Waals surface area contributed by atoms with Gasteiger partial charge in [-0.25, -0.2) is 9.36 Å². The predicted octanol–water partition coefficient (Wildman–Crippen LogP) is 3.29. The van der Waals surface area contributed by atoms with E-state index in [2.05, 4.69) is 5.32 Å². The zero-order chi connectivity index (χ0) is 26.5. The van der Waals surface area contributed by atoms with Crippen LogP contribution in [0.4, 0.5) is 0 Å². The summed E-state index contributed by atoms with van der Waals surface area (Å²) in [5.41, 5.74) is 0.667. The van der Waals surface area contributed by atoms with Gasteiger partial charge in [0, 0.05) is 51.5 Å². The van der Waals surface area contributed by atoms with Gasteiger partial charge in [0.25, 0.3) is 5.91 Å². The van der Waals surface area contributed by atoms with Crippen LogP contribution in [0.15, 0.2) is 63.8 Å². The van der Waals surface area contributed by atoms with Gasteiger partial charge in [-0.15, -0.1) is 35.3 Å². The molecule has 0 radical (unpaired) electrons. The number of aryl methyl sites for hydroxylation is 1. The van der Waals surface area contributed by atoms with Crippen molar-refractivity contribution in [2.75, 3.05) is 23.9 Å². The first-order chi connectivity index (χ1) is 17.8. The van der Waals surface area contributed by atoms with Crippen LogP contribution in [0.25, 0.3) is 0 Å². The molecule has 1 aromatic heterocycles. The summed E-state index contributed by atoms with van der Waals surface area (Å²) in [6.07, 6.45) is 4.51. The van der Waals surface area contributed by atoms with E-state index in [-0.39, 0.29) is 24.0 Å². The number of thioether (sulfide) groups is 3. The molecule has 2 atom stereocenters. The first-order valence-electron chi connectivity index (χ1n) is 11.3. The molecule has 196 valence electrons. The number of carboxylic acids is 1. The minimum atomic E-state index is -1.15. The van der Waals surface area contributed by atoms with E-state index in [1.54, 1.807) is 18.2 Å². The van der Waals surface area contributed by atoms with Gasteiger partial charge >= 0.3 is 5.97 Å². The van der Waals surface area contributed by atoms with E-state index in [1.807, 2.05) is 29.1 Å². The number of rotatable bonds is 11. The first-order valence-corrected chi connectivity index (χ1v) is 15.1. The number of aromatic nitrogens is 1. The molecule has 2 aliphatic rings. The Morgan fingerprint density at radius 2 is 1.95 bits per heavy atom. The number of fused-ring (bicyclic) bond motifs is 1. The Kier molecular flexibility index (Phi) is 9.71. The normalized spacial score (nSPS) is 18.9. The monoisotopic (exact) mass is 600 g/mol. The second-order valence-corrected chi connectivity index (χ2v) is 12.2. The van der Waals surface area contributed by atoms with Crippen molar-refractivity contribution in [2.24, 2.45) is 0 Å². The van der Waals surface area contributed by atoms with Gasteiger partial charge in [-0.05, 0) is 23.8 Å². The molecule has 2 aliphatic heterocycles. The summed E-state index contributed by atoms with van der Waals surface area (Å²) in [4.78, 5) is 40.4. The van der Waals surface area contributed by atoms with Crippen LogP contribution in [0.1, 0.15) is 6.42 Å². The fourth-order valence-corrected chi connectivity index (χ4v) is 7.53. The molecule has 2 aromatic rings. The van der Waals surface area contributed by atoms with Gasteiger partial charge in [-0.1, -0.05) is 23.2 Å². The van der Waals surface area contributed by atoms with Crippen molar-refractivity contribution in [2.45, 2.75) is 34.2 Å². The van der Waals surface area contributed by atoms with E-state index in [9.17, 15) is 19.5 Å². The average Bonchev–Trinajstić information content (AvgIpc) is 2.89. The van der Waals surface area contributed by atoms with Crippen LogP contribution in [-0.4, -0.2) is 68.2 Å². The van der Waals surface area contributed by atoms with E-state index in [4.69, 9.17) is 28.3 Å². The molecule has 0 spiro atoms. The Labute approximate surface area is 236 Å². The summed E-state index contributed by atoms with van der Waals surface area (Å²) in [6, 6.07) is 8.08. The van der Waals surface area contributed by atoms with Gasteiger partial charge in [-0.2, -0.15) is 0 Å². The zero-order valence-electron chi connectivity index (χ0n) is 19.4. The molecule has 2 amide bonds. The van der Waals surface area contributed by atoms with Crippen LogP contribution in [0, 0.1) is 0 Å². The zero-order valence-corrected chi connectivity index (χ0v) is 23.4. The number of pyridine rings is 1. The highest BCUT2D eigenvalue weighted by Gasteiger charge is 2.54. The van der Waals surface area contributed by atoms with Gasteiger partial charge in [0.1, 0.15) is 17.1 Å². The third-order valence-corrected chi connectivity index (χ3v) is 9.84. The minimum absolute atomic E-state index is 0.000717. The number of aliphatic carboxylic acids is 1. The Morgan fingerprint density at radius 3 is 2.65 bits per heavy atom. The van der Waals surface area contributed by atoms with Crippen molar-refractivity contribution in [3.8, 4) is 0 Å². The highest BCUT2D eigenvalue weighted by molar-refractivity contribution is 8.01. The molecule has 0 aliphatic carbocycles. The Morgan fingerprint density at radius 1 is 1.19 bits per heavy atom. The van der Waals surface area contributed by atoms with Crippen molar-refractivity contribution in [3.05, 3.63) is 64.0 Å². The van der Waals surface area contributed by atoms with Crippen molar-refractivity contribution in [1.82, 2.24) is 10.2 Å². The van der Waals surface area contributed by atoms with Gasteiger partial charge in [0.2, 0.25) is 5.91 Å². The van der Waals surface area contributed by atoms with Gasteiger partial charge < -0.3 is 15.5 Å². The lowest BCUT2D eigenvalue weighted by Gasteiger charge is -2.49. The van der Waals surface area contributed by atoms with Crippen LogP contribution < -0.4 is 9.88 Å². The van der Waals surface area contributed by atoms with E-state index in [0.717, 1.165) is 11.4 Å². The summed E-state index contributed by atoms with van der Waals surface area (Å²) < 4.78 is 1.97. The van der Waals surface area contributed by atoms with Crippen LogP contribution >= 0.6 is 58.5 Å². The number of nitrogens with zero attached hydrogens (tertiary/aromatic N) is 2. The average molecular weight is 602 g/mol. The summed E-state index contributed by atoms with van der Waals surface area (Å²) in [5.74, 6) is -1.00. The number of nitrogens with one attached hydrogen (secondary N) is 1. The van der Waals surface area contributed by atoms with Crippen molar-refractivity contribution in [1.29, 1.82) is 0 Å². The van der Waals surface area contributed by atoms with E-state index in [1.165, 1.54) is 40.2 Å². The fraction of sp³-hybridized carbons (Fsp3) is 0.333. The maximum atomic E-state index is 12.9. The quantitative estimate of drug-likeness (QED) is 0.205. The minimum Gasteiger partial charge on any atom is -0.477 e. The molecule has 13 heteroatoms. The van der Waals surface area contributed by atoms with Gasteiger partial charge in [0.05, 0.1) is 10.8 Å². The molecular weight excluding hydrogens is 577 g/mol. The first kappa shape index (κ1) is 28.1. The Balaban J connectivity index is 1.35. The maximum Gasteiger partial charge on any atom is 0.352 e. The van der Waals surface area contributed by atoms with E-state index in [0.29, 0.717) is 38.4 Å². The highest BCUT2D eigenvalue weighted by atomic mass is 35.5. The number of aliphatic hydroxyl groups is 1. The largest absolute Gasteiger partial charge is 0.477 e. The summed E-state index contributed by atoms with van der Waals surface area (Å²) in [7, 11) is 0. The number of aliphatic hydroxyl groups excluding tert-OH is 1. The summed E-state index contributed by atoms with van der Waals surface area (Å²) in [5, 5.41) is 22.1. The lowest BCUT2D eigenvalue weighted by Crippen LogP contribution is -2.70. The molecule has 8 nitrogen and oxygen atoms in total. The number of carbonyl (C=O) groups excluding carboxylic acids is 2. The molecule has 0 bridgehead atoms. The summed E-state index contributed by atoms with van der Waals surface area (Å²) >= 11 is 16.3. The number of benzene rings is 1. The van der Waals surface area contributed by atoms with Crippen molar-refractivity contribution >= 4 is 76.3 Å². The van der Waals surface area contributed by atoms with E-state index >= 15 is 0 Å². The fourth-order valence-electron chi connectivity index (χ4n) is 3.85. The number of halogens is 2. The molecule has 1 fully saturated rings. The molecule has 1 saturated heterocycles. The number of carboxylic acid groups (broad SMARTS) is 1. The molecule has 1 aromatic carbocycles. The van der Waals surface area contributed by atoms with Crippen LogP contribution in [0.2, 0.25) is 10.0 Å². The van der Waals surface area contributed by atoms with E-state index < -0.39 is 23.3 Å². The standard InChI is InChI=1S/C24H23Cl2N3O5S3/c25-15-2-3-17(26)18(10-15)36-13-19(31)27-20-22(32)29-21(24(33)34)14(12-37-23(20)29)11-35-16-4-7-28(8-5-16)6-1-9-30/h2-5,7-8,10,20,23,30H,1,6,9,11-13H2,(H-,27,31,33,34)/p+1/t20-,23-/m1/s1. The second-order valence-electron chi connectivity index (χ2n) is 8.21. The molecule has 0 unspecified atom stereocenters. The third-order valence-electron chi connectivity index (χ3n) is 5.67. The number of hydrogen-bond acceptors (Lipinski definition) is 7. The Hall–Kier alpha value is -1.89. The Bertz CT molecular complexity index is 1230. The van der Waals surface area contributed by atoms with Crippen LogP contribution in [-0.2, 0) is 20.9 Å². The number of amides is 2. The number of hydrogen-bond donors (Lipinski definition) is 3. The second kappa shape index (κ2) is 12.8. The molecule has 37 heavy (non-hydrogen) atoms. The summed E-state index contributed by atoms with van der Waals surface area (Å²) in [6.45, 7) is 0.848. The molecule has 3 N–H and O–H groups in total. The van der Waals surface area contributed by atoms with Crippen molar-refractivity contribution < 1.29 is 29.2 Å². The third kappa shape index (κ3) is 6.76. The number of β-lactam (4-membered cyclic amide) rings is 1. The lowest BCUT2D eigenvalue weighted by atomic mass is 10.0. The van der Waals surface area contributed by atoms with Gasteiger partial charge in [0.15, 0.2) is 18.9 Å². The molecular formula is C24H24Cl2N3O5S3+. The topological polar surface area (TPSA) is 111 Å². The van der Waals surface area contributed by atoms with Gasteiger partial charge in [-0.3, -0.25) is 14.5 Å². The maximum absolute atomic E-state index is 12.9. The smallest absolute Gasteiger partial charge is 0.352 e. The van der Waals surface area contributed by atoms with Crippen LogP contribution in [0.5, 0.6) is 0 Å². The number of carbonyl (C=O) groups is 3. The van der Waals surface area contributed by atoms with Crippen LogP contribution in [0.3, 0.4) is 0 Å². The predicted molar refractivity (Wildman–Crippen MR) is 146 cm³/mol. The SMILES string of the molecule is O=C(CSc1cc(Cl)ccc1Cl)N[C@@H]1C(=O)N2C(C(=O)O)=C(CSc3cc[n+](CCCO)cc3)CS[C@H]12. The van der Waals surface area contributed by atoms with Crippen molar-refractivity contribution in [3.63, 3.8) is 0 Å². The molecule has 0 saturated carbocycles. The molecule has 4 rings (SSSR count). The lowest BCUT2D eigenvalue weighted by molar-refractivity contribution is -0.697.